The molecular formula is C22H32FN3O4S. The van der Waals surface area contributed by atoms with E-state index in [4.69, 9.17) is 4.74 Å². The van der Waals surface area contributed by atoms with Crippen LogP contribution in [0.3, 0.4) is 0 Å². The van der Waals surface area contributed by atoms with Crippen molar-refractivity contribution in [1.82, 2.24) is 14.5 Å². The predicted molar refractivity (Wildman–Crippen MR) is 115 cm³/mol. The Morgan fingerprint density at radius 2 is 1.74 bits per heavy atom. The second-order valence-electron chi connectivity index (χ2n) is 8.83. The average molecular weight is 454 g/mol. The topological polar surface area (TPSA) is 79.0 Å². The number of carbonyl (C=O) groups excluding carboxylic acids is 1. The number of nitrogens with zero attached hydrogens (tertiary/aromatic N) is 2. The minimum absolute atomic E-state index is 0.0191. The Bertz CT molecular complexity index is 865. The number of sulfonamides is 1. The van der Waals surface area contributed by atoms with Crippen molar-refractivity contribution >= 4 is 15.9 Å². The Labute approximate surface area is 184 Å². The summed E-state index contributed by atoms with van der Waals surface area (Å²) in [6.07, 6.45) is 6.70. The van der Waals surface area contributed by atoms with Crippen LogP contribution in [0, 0.1) is 5.82 Å². The summed E-state index contributed by atoms with van der Waals surface area (Å²) in [6.45, 7) is 3.98. The van der Waals surface area contributed by atoms with E-state index < -0.39 is 21.9 Å². The molecule has 1 aliphatic carbocycles. The minimum atomic E-state index is -3.85. The first-order chi connectivity index (χ1) is 14.9. The highest BCUT2D eigenvalue weighted by Crippen LogP contribution is 2.34. The molecule has 4 rings (SSSR count). The monoisotopic (exact) mass is 453 g/mol. The third-order valence-corrected chi connectivity index (χ3v) is 8.91. The molecule has 0 unspecified atom stereocenters. The molecule has 172 valence electrons. The first kappa shape index (κ1) is 22.6. The predicted octanol–water partition coefficient (Wildman–Crippen LogP) is 2.13. The summed E-state index contributed by atoms with van der Waals surface area (Å²) in [5, 5.41) is 3.11. The molecule has 31 heavy (non-hydrogen) atoms. The maximum atomic E-state index is 13.2. The summed E-state index contributed by atoms with van der Waals surface area (Å²) in [6, 6.07) is 4.06. The second kappa shape index (κ2) is 9.52. The second-order valence-corrected chi connectivity index (χ2v) is 10.7. The van der Waals surface area contributed by atoms with Crippen molar-refractivity contribution in [3.05, 3.63) is 30.1 Å². The van der Waals surface area contributed by atoms with Crippen LogP contribution in [0.4, 0.5) is 4.39 Å². The molecule has 1 aromatic rings. The standard InChI is InChI=1S/C22H32FN3O4S/c23-18-6-8-19(9-7-18)31(28,29)26-12-4-5-20(26)21(27)24-17-22(10-2-1-3-11-22)25-13-15-30-16-14-25/h6-9,20H,1-5,10-17H2,(H,24,27)/t20-/m1/s1. The molecule has 2 aliphatic heterocycles. The summed E-state index contributed by atoms with van der Waals surface area (Å²) < 4.78 is 46.2. The Hall–Kier alpha value is -1.55. The third kappa shape index (κ3) is 4.79. The number of hydrogen-bond acceptors (Lipinski definition) is 5. The first-order valence-corrected chi connectivity index (χ1v) is 12.7. The van der Waals surface area contributed by atoms with Gasteiger partial charge >= 0.3 is 0 Å². The fraction of sp³-hybridized carbons (Fsp3) is 0.682. The Morgan fingerprint density at radius 3 is 2.42 bits per heavy atom. The van der Waals surface area contributed by atoms with Gasteiger partial charge in [0.1, 0.15) is 11.9 Å². The normalized spacial score (nSPS) is 25.4. The van der Waals surface area contributed by atoms with Crippen LogP contribution in [0.15, 0.2) is 29.2 Å². The van der Waals surface area contributed by atoms with E-state index in [1.54, 1.807) is 0 Å². The lowest BCUT2D eigenvalue weighted by Crippen LogP contribution is -2.60. The fourth-order valence-electron chi connectivity index (χ4n) is 5.25. The molecule has 1 atom stereocenters. The van der Waals surface area contributed by atoms with Crippen LogP contribution in [0.2, 0.25) is 0 Å². The number of nitrogens with one attached hydrogen (secondary N) is 1. The Balaban J connectivity index is 1.46. The van der Waals surface area contributed by atoms with Crippen LogP contribution in [-0.4, -0.2) is 74.5 Å². The number of halogens is 1. The summed E-state index contributed by atoms with van der Waals surface area (Å²) in [5.74, 6) is -0.725. The third-order valence-electron chi connectivity index (χ3n) is 6.98. The molecule has 0 aromatic heterocycles. The van der Waals surface area contributed by atoms with Gasteiger partial charge in [-0.1, -0.05) is 19.3 Å². The van der Waals surface area contributed by atoms with E-state index >= 15 is 0 Å². The maximum Gasteiger partial charge on any atom is 0.243 e. The van der Waals surface area contributed by atoms with Crippen LogP contribution in [0.25, 0.3) is 0 Å². The van der Waals surface area contributed by atoms with Crippen molar-refractivity contribution < 1.29 is 22.3 Å². The van der Waals surface area contributed by atoms with E-state index in [0.717, 1.165) is 50.9 Å². The molecule has 2 heterocycles. The van der Waals surface area contributed by atoms with Crippen molar-refractivity contribution in [1.29, 1.82) is 0 Å². The van der Waals surface area contributed by atoms with Gasteiger partial charge in [0, 0.05) is 31.7 Å². The number of benzene rings is 1. The molecule has 1 saturated carbocycles. The SMILES string of the molecule is O=C(NCC1(N2CCOCC2)CCCCC1)[C@H]1CCCN1S(=O)(=O)c1ccc(F)cc1. The molecular weight excluding hydrogens is 421 g/mol. The van der Waals surface area contributed by atoms with Crippen LogP contribution in [0.5, 0.6) is 0 Å². The highest BCUT2D eigenvalue weighted by Gasteiger charge is 2.42. The molecule has 9 heteroatoms. The average Bonchev–Trinajstić information content (AvgIpc) is 3.30. The van der Waals surface area contributed by atoms with Gasteiger partial charge in [-0.25, -0.2) is 12.8 Å². The number of ether oxygens (including phenoxy) is 1. The van der Waals surface area contributed by atoms with Gasteiger partial charge in [-0.3, -0.25) is 9.69 Å². The molecule has 7 nitrogen and oxygen atoms in total. The Kier molecular flexibility index (Phi) is 6.95. The van der Waals surface area contributed by atoms with Gasteiger partial charge < -0.3 is 10.1 Å². The highest BCUT2D eigenvalue weighted by atomic mass is 32.2. The molecule has 2 saturated heterocycles. The van der Waals surface area contributed by atoms with Crippen molar-refractivity contribution in [2.75, 3.05) is 39.4 Å². The largest absolute Gasteiger partial charge is 0.379 e. The van der Waals surface area contributed by atoms with Gasteiger partial charge in [0.2, 0.25) is 15.9 Å². The van der Waals surface area contributed by atoms with Crippen LogP contribution in [-0.2, 0) is 19.6 Å². The number of hydrogen-bond donors (Lipinski definition) is 1. The van der Waals surface area contributed by atoms with Gasteiger partial charge in [0.05, 0.1) is 18.1 Å². The van der Waals surface area contributed by atoms with Crippen LogP contribution in [0.1, 0.15) is 44.9 Å². The zero-order chi connectivity index (χ0) is 21.9. The molecule has 0 bridgehead atoms. The first-order valence-electron chi connectivity index (χ1n) is 11.3. The quantitative estimate of drug-likeness (QED) is 0.714. The van der Waals surface area contributed by atoms with Crippen LogP contribution >= 0.6 is 0 Å². The lowest BCUT2D eigenvalue weighted by Gasteiger charge is -2.48. The number of carbonyl (C=O) groups is 1. The molecule has 0 spiro atoms. The van der Waals surface area contributed by atoms with Crippen LogP contribution < -0.4 is 5.32 Å². The van der Waals surface area contributed by atoms with Gasteiger partial charge in [-0.05, 0) is 49.9 Å². The van der Waals surface area contributed by atoms with Crippen molar-refractivity contribution in [3.8, 4) is 0 Å². The summed E-state index contributed by atoms with van der Waals surface area (Å²) in [5.41, 5.74) is -0.0725. The van der Waals surface area contributed by atoms with Crippen molar-refractivity contribution in [2.45, 2.75) is 61.4 Å². The zero-order valence-corrected chi connectivity index (χ0v) is 18.7. The molecule has 0 radical (unpaired) electrons. The molecule has 1 N–H and O–H groups in total. The van der Waals surface area contributed by atoms with Gasteiger partial charge in [0.15, 0.2) is 0 Å². The lowest BCUT2D eigenvalue weighted by molar-refractivity contribution is -0.125. The maximum absolute atomic E-state index is 13.2. The molecule has 1 amide bonds. The minimum Gasteiger partial charge on any atom is -0.379 e. The fourth-order valence-corrected chi connectivity index (χ4v) is 6.91. The molecule has 1 aromatic carbocycles. The van der Waals surface area contributed by atoms with Crippen molar-refractivity contribution in [3.63, 3.8) is 0 Å². The van der Waals surface area contributed by atoms with Gasteiger partial charge in [0.25, 0.3) is 0 Å². The van der Waals surface area contributed by atoms with Gasteiger partial charge in [-0.2, -0.15) is 4.31 Å². The van der Waals surface area contributed by atoms with E-state index in [0.29, 0.717) is 39.1 Å². The Morgan fingerprint density at radius 1 is 1.06 bits per heavy atom. The van der Waals surface area contributed by atoms with Crippen molar-refractivity contribution in [2.24, 2.45) is 0 Å². The zero-order valence-electron chi connectivity index (χ0n) is 17.9. The number of rotatable bonds is 6. The van der Waals surface area contributed by atoms with E-state index in [-0.39, 0.29) is 16.3 Å². The summed E-state index contributed by atoms with van der Waals surface area (Å²) in [4.78, 5) is 15.6. The molecule has 3 aliphatic rings. The van der Waals surface area contributed by atoms with Gasteiger partial charge in [-0.15, -0.1) is 0 Å². The number of amides is 1. The van der Waals surface area contributed by atoms with E-state index in [9.17, 15) is 17.6 Å². The molecule has 3 fully saturated rings. The highest BCUT2D eigenvalue weighted by molar-refractivity contribution is 7.89. The lowest BCUT2D eigenvalue weighted by atomic mass is 9.79. The smallest absolute Gasteiger partial charge is 0.243 e. The summed E-state index contributed by atoms with van der Waals surface area (Å²) in [7, 11) is -3.85. The van der Waals surface area contributed by atoms with E-state index in [1.165, 1.54) is 22.9 Å². The van der Waals surface area contributed by atoms with E-state index in [2.05, 4.69) is 10.2 Å². The summed E-state index contributed by atoms with van der Waals surface area (Å²) >= 11 is 0. The number of morpholine rings is 1. The van der Waals surface area contributed by atoms with E-state index in [1.807, 2.05) is 0 Å².